The van der Waals surface area contributed by atoms with E-state index in [2.05, 4.69) is 4.74 Å². The van der Waals surface area contributed by atoms with Crippen LogP contribution in [0.25, 0.3) is 0 Å². The zero-order valence-corrected chi connectivity index (χ0v) is 8.02. The molecule has 7 heteroatoms. The largest absolute Gasteiger partial charge is 0.387 e. The second-order valence-electron chi connectivity index (χ2n) is 3.50. The summed E-state index contributed by atoms with van der Waals surface area (Å²) in [6.45, 7) is 1.17. The highest BCUT2D eigenvalue weighted by Crippen LogP contribution is 2.21. The highest BCUT2D eigenvalue weighted by atomic mass is 16.6. The number of Topliss-reactive ketones (excluding diaryl/α,β-unsaturated/α-hetero) is 1. The number of aliphatic hydroxyl groups excluding tert-OH is 5. The summed E-state index contributed by atoms with van der Waals surface area (Å²) in [6, 6.07) is 0. The van der Waals surface area contributed by atoms with Crippen molar-refractivity contribution in [1.29, 1.82) is 0 Å². The first-order chi connectivity index (χ1) is 6.86. The number of aliphatic hydroxyl groups is 5. The first-order valence-corrected chi connectivity index (χ1v) is 4.45. The Bertz CT molecular complexity index is 241. The summed E-state index contributed by atoms with van der Waals surface area (Å²) in [5.41, 5.74) is 0. The minimum atomic E-state index is -1.77. The van der Waals surface area contributed by atoms with Gasteiger partial charge in [-0.25, -0.2) is 0 Å². The van der Waals surface area contributed by atoms with Gasteiger partial charge < -0.3 is 30.3 Å². The SMILES string of the molecule is CC(O)C(=O)[C@H]1O[C@@H](O)[C@H](O)[C@@H](O)[C@H]1O. The Morgan fingerprint density at radius 1 is 1.13 bits per heavy atom. The molecule has 6 atom stereocenters. The molecule has 1 fully saturated rings. The highest BCUT2D eigenvalue weighted by Gasteiger charge is 2.46. The fourth-order valence-electron chi connectivity index (χ4n) is 1.33. The summed E-state index contributed by atoms with van der Waals surface area (Å²) in [5, 5.41) is 45.8. The Morgan fingerprint density at radius 3 is 2.13 bits per heavy atom. The van der Waals surface area contributed by atoms with E-state index in [0.29, 0.717) is 0 Å². The van der Waals surface area contributed by atoms with Crippen LogP contribution < -0.4 is 0 Å². The molecular weight excluding hydrogens is 208 g/mol. The van der Waals surface area contributed by atoms with E-state index in [1.165, 1.54) is 6.92 Å². The molecule has 7 nitrogen and oxygen atoms in total. The van der Waals surface area contributed by atoms with Crippen LogP contribution in [0.5, 0.6) is 0 Å². The van der Waals surface area contributed by atoms with Gasteiger partial charge in [0.05, 0.1) is 0 Å². The van der Waals surface area contributed by atoms with Crippen LogP contribution >= 0.6 is 0 Å². The molecule has 0 amide bonds. The van der Waals surface area contributed by atoms with E-state index in [9.17, 15) is 15.0 Å². The minimum Gasteiger partial charge on any atom is -0.387 e. The number of hydrogen-bond donors (Lipinski definition) is 5. The number of ketones is 1. The van der Waals surface area contributed by atoms with Crippen molar-refractivity contribution in [3.05, 3.63) is 0 Å². The number of carbonyl (C=O) groups excluding carboxylic acids is 1. The van der Waals surface area contributed by atoms with Gasteiger partial charge in [-0.2, -0.15) is 0 Å². The lowest BCUT2D eigenvalue weighted by Crippen LogP contribution is -2.60. The van der Waals surface area contributed by atoms with Crippen LogP contribution in [0.4, 0.5) is 0 Å². The van der Waals surface area contributed by atoms with Crippen molar-refractivity contribution in [2.24, 2.45) is 0 Å². The summed E-state index contributed by atoms with van der Waals surface area (Å²) >= 11 is 0. The van der Waals surface area contributed by atoms with Crippen LogP contribution in [0.3, 0.4) is 0 Å². The zero-order chi connectivity index (χ0) is 11.7. The molecule has 1 aliphatic rings. The number of hydrogen-bond acceptors (Lipinski definition) is 7. The average molecular weight is 222 g/mol. The molecule has 0 aromatic rings. The summed E-state index contributed by atoms with van der Waals surface area (Å²) in [5.74, 6) is -0.868. The van der Waals surface area contributed by atoms with Crippen LogP contribution in [0.2, 0.25) is 0 Å². The van der Waals surface area contributed by atoms with Crippen molar-refractivity contribution in [2.45, 2.75) is 43.7 Å². The Morgan fingerprint density at radius 2 is 1.67 bits per heavy atom. The van der Waals surface area contributed by atoms with Crippen molar-refractivity contribution in [3.63, 3.8) is 0 Å². The average Bonchev–Trinajstić information content (AvgIpc) is 2.19. The third kappa shape index (κ3) is 2.33. The lowest BCUT2D eigenvalue weighted by Gasteiger charge is -2.37. The van der Waals surface area contributed by atoms with Gasteiger partial charge in [-0.05, 0) is 6.92 Å². The van der Waals surface area contributed by atoms with Crippen molar-refractivity contribution in [1.82, 2.24) is 0 Å². The molecule has 0 saturated carbocycles. The smallest absolute Gasteiger partial charge is 0.192 e. The lowest BCUT2D eigenvalue weighted by molar-refractivity contribution is -0.276. The monoisotopic (exact) mass is 222 g/mol. The molecular formula is C8H14O7. The summed E-state index contributed by atoms with van der Waals surface area (Å²) in [4.78, 5) is 11.3. The summed E-state index contributed by atoms with van der Waals surface area (Å²) in [7, 11) is 0. The van der Waals surface area contributed by atoms with Gasteiger partial charge in [0, 0.05) is 0 Å². The van der Waals surface area contributed by atoms with E-state index < -0.39 is 42.6 Å². The van der Waals surface area contributed by atoms with Crippen LogP contribution in [0, 0.1) is 0 Å². The first kappa shape index (κ1) is 12.5. The second-order valence-corrected chi connectivity index (χ2v) is 3.50. The Labute approximate surface area is 85.5 Å². The van der Waals surface area contributed by atoms with Crippen molar-refractivity contribution < 1.29 is 35.1 Å². The Kier molecular flexibility index (Phi) is 3.77. The number of rotatable bonds is 2. The number of ether oxygens (including phenoxy) is 1. The Balaban J connectivity index is 2.79. The highest BCUT2D eigenvalue weighted by molar-refractivity contribution is 5.87. The summed E-state index contributed by atoms with van der Waals surface area (Å²) in [6.07, 6.45) is -9.75. The van der Waals surface area contributed by atoms with Crippen LogP contribution in [-0.4, -0.2) is 68.1 Å². The molecule has 1 rings (SSSR count). The molecule has 0 aromatic heterocycles. The predicted molar refractivity (Wildman–Crippen MR) is 45.6 cm³/mol. The van der Waals surface area contributed by atoms with E-state index in [0.717, 1.165) is 0 Å². The van der Waals surface area contributed by atoms with Gasteiger partial charge in [0.2, 0.25) is 0 Å². The molecule has 0 aliphatic carbocycles. The first-order valence-electron chi connectivity index (χ1n) is 4.45. The third-order valence-electron chi connectivity index (χ3n) is 2.28. The van der Waals surface area contributed by atoms with E-state index >= 15 is 0 Å². The van der Waals surface area contributed by atoms with Gasteiger partial charge in [-0.1, -0.05) is 0 Å². The maximum Gasteiger partial charge on any atom is 0.192 e. The molecule has 0 spiro atoms. The van der Waals surface area contributed by atoms with Crippen LogP contribution in [0.1, 0.15) is 6.92 Å². The third-order valence-corrected chi connectivity index (χ3v) is 2.28. The van der Waals surface area contributed by atoms with Crippen molar-refractivity contribution >= 4 is 5.78 Å². The van der Waals surface area contributed by atoms with E-state index in [-0.39, 0.29) is 0 Å². The quantitative estimate of drug-likeness (QED) is 0.332. The molecule has 1 unspecified atom stereocenters. The molecule has 0 radical (unpaired) electrons. The van der Waals surface area contributed by atoms with Crippen molar-refractivity contribution in [2.75, 3.05) is 0 Å². The van der Waals surface area contributed by atoms with Crippen LogP contribution in [0.15, 0.2) is 0 Å². The van der Waals surface area contributed by atoms with Gasteiger partial charge in [0.25, 0.3) is 0 Å². The number of carbonyl (C=O) groups is 1. The lowest BCUT2D eigenvalue weighted by atomic mass is 9.94. The molecule has 0 aromatic carbocycles. The van der Waals surface area contributed by atoms with Gasteiger partial charge in [0.15, 0.2) is 18.2 Å². The second kappa shape index (κ2) is 4.52. The fraction of sp³-hybridized carbons (Fsp3) is 0.875. The topological polar surface area (TPSA) is 127 Å². The van der Waals surface area contributed by atoms with E-state index in [1.54, 1.807) is 0 Å². The Hall–Kier alpha value is -0.570. The van der Waals surface area contributed by atoms with Gasteiger partial charge in [-0.3, -0.25) is 4.79 Å². The normalized spacial score (nSPS) is 43.7. The maximum absolute atomic E-state index is 11.3. The maximum atomic E-state index is 11.3. The van der Waals surface area contributed by atoms with Crippen molar-refractivity contribution in [3.8, 4) is 0 Å². The molecule has 0 bridgehead atoms. The molecule has 1 heterocycles. The molecule has 5 N–H and O–H groups in total. The zero-order valence-electron chi connectivity index (χ0n) is 8.02. The molecule has 1 aliphatic heterocycles. The molecule has 15 heavy (non-hydrogen) atoms. The van der Waals surface area contributed by atoms with Gasteiger partial charge in [0.1, 0.15) is 24.4 Å². The standard InChI is InChI=1S/C8H14O7/c1-2(9)3(10)7-5(12)4(11)6(13)8(14)15-7/h2,4-9,11-14H,1H3/t2?,4-,5+,6+,7+,8+/m0/s1. The summed E-state index contributed by atoms with van der Waals surface area (Å²) < 4.78 is 4.59. The predicted octanol–water partition coefficient (Wildman–Crippen LogP) is -3.26. The van der Waals surface area contributed by atoms with E-state index in [4.69, 9.17) is 15.3 Å². The van der Waals surface area contributed by atoms with Crippen LogP contribution in [-0.2, 0) is 9.53 Å². The minimum absolute atomic E-state index is 0.868. The fourth-order valence-corrected chi connectivity index (χ4v) is 1.33. The molecule has 88 valence electrons. The molecule has 1 saturated heterocycles. The van der Waals surface area contributed by atoms with Gasteiger partial charge >= 0.3 is 0 Å². The van der Waals surface area contributed by atoms with E-state index in [1.807, 2.05) is 0 Å². The van der Waals surface area contributed by atoms with Gasteiger partial charge in [-0.15, -0.1) is 0 Å².